The van der Waals surface area contributed by atoms with Crippen LogP contribution in [0.3, 0.4) is 0 Å². The van der Waals surface area contributed by atoms with Crippen LogP contribution in [-0.2, 0) is 37.9 Å². The van der Waals surface area contributed by atoms with Gasteiger partial charge in [0.25, 0.3) is 0 Å². The third kappa shape index (κ3) is 16.4. The van der Waals surface area contributed by atoms with Crippen molar-refractivity contribution in [3.8, 4) is 0 Å². The average molecular weight is 845 g/mol. The summed E-state index contributed by atoms with van der Waals surface area (Å²) in [4.78, 5) is 51.1. The largest absolute Gasteiger partial charge is 0.457 e. The molecule has 0 saturated carbocycles. The van der Waals surface area contributed by atoms with E-state index in [1.165, 1.54) is 0 Å². The highest BCUT2D eigenvalue weighted by Crippen LogP contribution is 2.23. The van der Waals surface area contributed by atoms with Gasteiger partial charge in [0.2, 0.25) is 0 Å². The molecule has 0 aliphatic heterocycles. The summed E-state index contributed by atoms with van der Waals surface area (Å²) in [6, 6.07) is 25.4. The maximum atomic E-state index is 12.8. The molecule has 0 heterocycles. The first-order valence-electron chi connectivity index (χ1n) is 19.7. The first-order chi connectivity index (χ1) is 29.1. The van der Waals surface area contributed by atoms with Crippen molar-refractivity contribution >= 4 is 46.6 Å². The Labute approximate surface area is 355 Å². The summed E-state index contributed by atoms with van der Waals surface area (Å²) < 4.78 is 47.1. The van der Waals surface area contributed by atoms with Crippen LogP contribution in [0.1, 0.15) is 69.1 Å². The molecule has 4 atom stereocenters. The van der Waals surface area contributed by atoms with Crippen molar-refractivity contribution in [2.45, 2.75) is 52.1 Å². The van der Waals surface area contributed by atoms with Gasteiger partial charge >= 0.3 is 23.9 Å². The molecule has 328 valence electrons. The lowest BCUT2D eigenvalue weighted by atomic mass is 9.92. The second kappa shape index (κ2) is 23.6. The van der Waals surface area contributed by atoms with Gasteiger partial charge in [0.05, 0.1) is 80.5 Å². The van der Waals surface area contributed by atoms with Crippen molar-refractivity contribution in [2.75, 3.05) is 75.8 Å². The molecular weight excluding hydrogens is 789 g/mol. The van der Waals surface area contributed by atoms with Gasteiger partial charge < -0.3 is 60.8 Å². The molecule has 0 aliphatic carbocycles. The van der Waals surface area contributed by atoms with Crippen LogP contribution in [0, 0.1) is 5.41 Å². The second-order valence-electron chi connectivity index (χ2n) is 14.9. The van der Waals surface area contributed by atoms with Crippen LogP contribution in [0.5, 0.6) is 0 Å². The Bertz CT molecular complexity index is 1700. The van der Waals surface area contributed by atoms with Gasteiger partial charge in [-0.3, -0.25) is 0 Å². The van der Waals surface area contributed by atoms with Crippen molar-refractivity contribution in [2.24, 2.45) is 5.41 Å². The van der Waals surface area contributed by atoms with Gasteiger partial charge in [-0.2, -0.15) is 0 Å². The van der Waals surface area contributed by atoms with E-state index in [2.05, 4.69) is 0 Å². The topological polar surface area (TPSA) is 246 Å². The number of nitrogens with two attached hydrogens (primary N) is 4. The number of hydrogen-bond acceptors (Lipinski definition) is 16. The lowest BCUT2D eigenvalue weighted by molar-refractivity contribution is -0.130. The Morgan fingerprint density at radius 2 is 0.557 bits per heavy atom. The van der Waals surface area contributed by atoms with E-state index >= 15 is 0 Å². The number of hydrogen-bond donors (Lipinski definition) is 4. The minimum Gasteiger partial charge on any atom is -0.457 e. The van der Waals surface area contributed by atoms with Crippen LogP contribution < -0.4 is 22.9 Å². The summed E-state index contributed by atoms with van der Waals surface area (Å²) in [5.74, 6) is -2.20. The SMILES string of the molecule is CC(COCC(COCC(C)OC(=O)c1ccc(N)cc1)(COCC(C)OC(=O)c1ccc(N)cc1)COCC(C)OC(=O)c1ccc(N)cc1)OC(=O)c1ccc(N)cc1. The Morgan fingerprint density at radius 1 is 0.377 bits per heavy atom. The normalized spacial score (nSPS) is 14.1. The van der Waals surface area contributed by atoms with E-state index < -0.39 is 53.7 Å². The Kier molecular flexibility index (Phi) is 18.3. The smallest absolute Gasteiger partial charge is 0.338 e. The number of ether oxygens (including phenoxy) is 8. The van der Waals surface area contributed by atoms with Crippen molar-refractivity contribution in [1.82, 2.24) is 0 Å². The van der Waals surface area contributed by atoms with Gasteiger partial charge in [0.1, 0.15) is 24.4 Å². The molecule has 0 bridgehead atoms. The summed E-state index contributed by atoms with van der Waals surface area (Å²) in [7, 11) is 0. The Morgan fingerprint density at radius 3 is 0.738 bits per heavy atom. The third-order valence-corrected chi connectivity index (χ3v) is 8.86. The summed E-state index contributed by atoms with van der Waals surface area (Å²) in [6.45, 7) is 6.57. The molecule has 61 heavy (non-hydrogen) atoms. The van der Waals surface area contributed by atoms with Gasteiger partial charge in [0, 0.05) is 22.7 Å². The lowest BCUT2D eigenvalue weighted by Gasteiger charge is -2.34. The molecule has 4 unspecified atom stereocenters. The van der Waals surface area contributed by atoms with Crippen LogP contribution >= 0.6 is 0 Å². The number of carbonyl (C=O) groups is 4. The van der Waals surface area contributed by atoms with E-state index in [-0.39, 0.29) is 52.9 Å². The van der Waals surface area contributed by atoms with Gasteiger partial charge in [-0.15, -0.1) is 0 Å². The van der Waals surface area contributed by atoms with Crippen LogP contribution in [0.2, 0.25) is 0 Å². The van der Waals surface area contributed by atoms with Crippen molar-refractivity contribution in [3.05, 3.63) is 119 Å². The summed E-state index contributed by atoms with van der Waals surface area (Å²) in [5.41, 5.74) is 25.3. The highest BCUT2D eigenvalue weighted by Gasteiger charge is 2.34. The molecule has 8 N–H and O–H groups in total. The molecule has 16 nitrogen and oxygen atoms in total. The highest BCUT2D eigenvalue weighted by atomic mass is 16.6. The molecule has 0 radical (unpaired) electrons. The number of rotatable bonds is 24. The predicted molar refractivity (Wildman–Crippen MR) is 229 cm³/mol. The first-order valence-corrected chi connectivity index (χ1v) is 19.7. The van der Waals surface area contributed by atoms with Crippen molar-refractivity contribution in [3.63, 3.8) is 0 Å². The molecule has 0 aromatic heterocycles. The first kappa shape index (κ1) is 47.5. The summed E-state index contributed by atoms with van der Waals surface area (Å²) >= 11 is 0. The van der Waals surface area contributed by atoms with E-state index in [1.807, 2.05) is 0 Å². The van der Waals surface area contributed by atoms with Crippen LogP contribution in [-0.4, -0.2) is 101 Å². The maximum Gasteiger partial charge on any atom is 0.338 e. The van der Waals surface area contributed by atoms with E-state index in [0.717, 1.165) is 0 Å². The molecule has 0 aliphatic rings. The Hall–Kier alpha value is -6.20. The summed E-state index contributed by atoms with van der Waals surface area (Å²) in [6.07, 6.45) is -2.67. The maximum absolute atomic E-state index is 12.8. The minimum atomic E-state index is -1.05. The monoisotopic (exact) mass is 844 g/mol. The van der Waals surface area contributed by atoms with E-state index in [9.17, 15) is 19.2 Å². The minimum absolute atomic E-state index is 0.0106. The van der Waals surface area contributed by atoms with Crippen LogP contribution in [0.25, 0.3) is 0 Å². The quantitative estimate of drug-likeness (QED) is 0.0394. The second-order valence-corrected chi connectivity index (χ2v) is 14.9. The van der Waals surface area contributed by atoms with E-state index in [1.54, 1.807) is 125 Å². The van der Waals surface area contributed by atoms with Crippen LogP contribution in [0.4, 0.5) is 22.7 Å². The zero-order valence-electron chi connectivity index (χ0n) is 34.9. The number of esters is 4. The average Bonchev–Trinajstić information content (AvgIpc) is 3.21. The van der Waals surface area contributed by atoms with Gasteiger partial charge in [-0.05, 0) is 125 Å². The number of nitrogen functional groups attached to an aromatic ring is 4. The molecular formula is C45H56N4O12. The number of anilines is 4. The predicted octanol–water partition coefficient (Wildman–Crippen LogP) is 5.35. The number of carbonyl (C=O) groups excluding carboxylic acids is 4. The molecule has 16 heteroatoms. The highest BCUT2D eigenvalue weighted by molar-refractivity contribution is 5.91. The van der Waals surface area contributed by atoms with E-state index in [0.29, 0.717) is 45.0 Å². The zero-order valence-corrected chi connectivity index (χ0v) is 34.9. The molecule has 4 aromatic rings. The molecule has 0 saturated heterocycles. The lowest BCUT2D eigenvalue weighted by Crippen LogP contribution is -2.44. The zero-order chi connectivity index (χ0) is 44.4. The van der Waals surface area contributed by atoms with Crippen LogP contribution in [0.15, 0.2) is 97.1 Å². The molecule has 4 rings (SSSR count). The molecule has 0 fully saturated rings. The summed E-state index contributed by atoms with van der Waals surface area (Å²) in [5, 5.41) is 0. The third-order valence-electron chi connectivity index (χ3n) is 8.86. The fourth-order valence-corrected chi connectivity index (χ4v) is 5.63. The van der Waals surface area contributed by atoms with Crippen molar-refractivity contribution in [1.29, 1.82) is 0 Å². The van der Waals surface area contributed by atoms with Gasteiger partial charge in [0.15, 0.2) is 0 Å². The fraction of sp³-hybridized carbons (Fsp3) is 0.378. The molecule has 0 amide bonds. The van der Waals surface area contributed by atoms with Gasteiger partial charge in [-0.1, -0.05) is 0 Å². The Balaban J connectivity index is 1.46. The van der Waals surface area contributed by atoms with Gasteiger partial charge in [-0.25, -0.2) is 19.2 Å². The fourth-order valence-electron chi connectivity index (χ4n) is 5.63. The van der Waals surface area contributed by atoms with E-state index in [4.69, 9.17) is 60.8 Å². The number of benzene rings is 4. The standard InChI is InChI=1S/C45H56N4O12/c1-29(58-41(50)33-5-13-37(46)14-6-33)21-54-25-45(26-55-22-30(2)59-42(51)34-7-15-38(47)16-8-34,27-56-23-31(3)60-43(52)35-9-17-39(48)18-10-35)28-57-24-32(4)61-44(53)36-11-19-40(49)20-12-36/h5-20,29-32H,21-28,46-49H2,1-4H3. The van der Waals surface area contributed by atoms with Crippen molar-refractivity contribution < 1.29 is 57.1 Å². The molecule has 4 aromatic carbocycles. The molecule has 0 spiro atoms.